The van der Waals surface area contributed by atoms with Crippen molar-refractivity contribution in [3.05, 3.63) is 36.0 Å². The molecule has 1 fully saturated rings. The molecule has 4 rings (SSSR count). The van der Waals surface area contributed by atoms with Crippen LogP contribution in [0, 0.1) is 5.82 Å². The van der Waals surface area contributed by atoms with Crippen LogP contribution in [-0.4, -0.2) is 43.2 Å². The molecule has 11 heteroatoms. The molecule has 0 saturated heterocycles. The van der Waals surface area contributed by atoms with Crippen LogP contribution in [0.2, 0.25) is 0 Å². The standard InChI is InChI=1S/C17H14F5N5O/c1-16(19)5-10(6-16)14-25-24-13-3-2-12(26-27(13)14)9-4-11(18)15(23-7-9)28-8-17(20,21)22/h2-4,7,10H,5-6,8H2,1H3. The van der Waals surface area contributed by atoms with Crippen LogP contribution in [0.5, 0.6) is 5.88 Å². The van der Waals surface area contributed by atoms with E-state index in [0.717, 1.165) is 12.3 Å². The largest absolute Gasteiger partial charge is 0.466 e. The van der Waals surface area contributed by atoms with E-state index >= 15 is 0 Å². The average Bonchev–Trinajstić information content (AvgIpc) is 3.00. The van der Waals surface area contributed by atoms with E-state index in [2.05, 4.69) is 25.0 Å². The Labute approximate surface area is 155 Å². The zero-order valence-corrected chi connectivity index (χ0v) is 14.5. The highest BCUT2D eigenvalue weighted by Gasteiger charge is 2.43. The molecule has 0 amide bonds. The van der Waals surface area contributed by atoms with Crippen molar-refractivity contribution in [1.29, 1.82) is 0 Å². The molecular weight excluding hydrogens is 385 g/mol. The monoisotopic (exact) mass is 399 g/mol. The molecule has 1 aliphatic rings. The molecule has 3 aromatic heterocycles. The summed E-state index contributed by atoms with van der Waals surface area (Å²) in [6, 6.07) is 4.15. The van der Waals surface area contributed by atoms with E-state index in [0.29, 0.717) is 30.0 Å². The first-order chi connectivity index (χ1) is 13.1. The fourth-order valence-electron chi connectivity index (χ4n) is 3.19. The molecule has 0 unspecified atom stereocenters. The minimum atomic E-state index is -4.60. The minimum absolute atomic E-state index is 0.124. The third-order valence-corrected chi connectivity index (χ3v) is 4.47. The van der Waals surface area contributed by atoms with E-state index in [4.69, 9.17) is 0 Å². The topological polar surface area (TPSA) is 65.2 Å². The van der Waals surface area contributed by atoms with Crippen LogP contribution in [0.15, 0.2) is 24.4 Å². The second-order valence-electron chi connectivity index (χ2n) is 6.98. The summed E-state index contributed by atoms with van der Waals surface area (Å²) >= 11 is 0. The van der Waals surface area contributed by atoms with Gasteiger partial charge in [0.15, 0.2) is 23.9 Å². The lowest BCUT2D eigenvalue weighted by Crippen LogP contribution is -2.36. The lowest BCUT2D eigenvalue weighted by Gasteiger charge is -2.37. The summed E-state index contributed by atoms with van der Waals surface area (Å²) in [7, 11) is 0. The van der Waals surface area contributed by atoms with Gasteiger partial charge in [-0.05, 0) is 38.0 Å². The van der Waals surface area contributed by atoms with Crippen LogP contribution < -0.4 is 4.74 Å². The number of ether oxygens (including phenoxy) is 1. The Morgan fingerprint density at radius 3 is 2.64 bits per heavy atom. The molecular formula is C17H14F5N5O. The van der Waals surface area contributed by atoms with Crippen molar-refractivity contribution in [2.45, 2.75) is 37.5 Å². The maximum atomic E-state index is 14.1. The number of hydrogen-bond donors (Lipinski definition) is 0. The molecule has 148 valence electrons. The summed E-state index contributed by atoms with van der Waals surface area (Å²) in [6.45, 7) is -0.123. The first kappa shape index (κ1) is 18.5. The van der Waals surface area contributed by atoms with E-state index in [9.17, 15) is 22.0 Å². The second-order valence-corrected chi connectivity index (χ2v) is 6.98. The Bertz CT molecular complexity index is 1020. The average molecular weight is 399 g/mol. The van der Waals surface area contributed by atoms with Crippen molar-refractivity contribution in [1.82, 2.24) is 24.8 Å². The summed E-state index contributed by atoms with van der Waals surface area (Å²) in [6.07, 6.45) is -2.82. The van der Waals surface area contributed by atoms with Crippen molar-refractivity contribution in [2.75, 3.05) is 6.61 Å². The van der Waals surface area contributed by atoms with Crippen LogP contribution in [0.4, 0.5) is 22.0 Å². The number of aromatic nitrogens is 5. The van der Waals surface area contributed by atoms with Gasteiger partial charge >= 0.3 is 6.18 Å². The highest BCUT2D eigenvalue weighted by molar-refractivity contribution is 5.59. The number of fused-ring (bicyclic) bond motifs is 1. The predicted octanol–water partition coefficient (Wildman–Crippen LogP) is 3.87. The number of nitrogens with zero attached hydrogens (tertiary/aromatic N) is 5. The highest BCUT2D eigenvalue weighted by atomic mass is 19.4. The maximum Gasteiger partial charge on any atom is 0.422 e. The van der Waals surface area contributed by atoms with E-state index in [1.165, 1.54) is 11.4 Å². The molecule has 3 heterocycles. The van der Waals surface area contributed by atoms with Gasteiger partial charge in [-0.2, -0.15) is 22.8 Å². The number of alkyl halides is 4. The molecule has 0 spiro atoms. The summed E-state index contributed by atoms with van der Waals surface area (Å²) in [5.41, 5.74) is -0.246. The molecule has 1 saturated carbocycles. The molecule has 0 atom stereocenters. The van der Waals surface area contributed by atoms with E-state index in [1.54, 1.807) is 12.1 Å². The zero-order chi connectivity index (χ0) is 20.1. The molecule has 6 nitrogen and oxygen atoms in total. The zero-order valence-electron chi connectivity index (χ0n) is 14.5. The highest BCUT2D eigenvalue weighted by Crippen LogP contribution is 2.46. The van der Waals surface area contributed by atoms with E-state index < -0.39 is 30.1 Å². The fourth-order valence-corrected chi connectivity index (χ4v) is 3.19. The normalized spacial score (nSPS) is 22.3. The van der Waals surface area contributed by atoms with Gasteiger partial charge in [-0.25, -0.2) is 13.8 Å². The van der Waals surface area contributed by atoms with E-state index in [-0.39, 0.29) is 11.5 Å². The third-order valence-electron chi connectivity index (χ3n) is 4.47. The molecule has 28 heavy (non-hydrogen) atoms. The van der Waals surface area contributed by atoms with Gasteiger partial charge < -0.3 is 4.74 Å². The molecule has 0 aliphatic heterocycles. The Kier molecular flexibility index (Phi) is 4.20. The van der Waals surface area contributed by atoms with Gasteiger partial charge in [0, 0.05) is 17.7 Å². The SMILES string of the molecule is CC1(F)CC(c2nnc3ccc(-c4cnc(OCC(F)(F)F)c(F)c4)nn23)C1. The van der Waals surface area contributed by atoms with Crippen LogP contribution in [0.3, 0.4) is 0 Å². The Morgan fingerprint density at radius 2 is 2.00 bits per heavy atom. The summed E-state index contributed by atoms with van der Waals surface area (Å²) in [5, 5.41) is 12.4. The van der Waals surface area contributed by atoms with Gasteiger partial charge in [0.1, 0.15) is 5.67 Å². The van der Waals surface area contributed by atoms with Crippen molar-refractivity contribution in [3.8, 4) is 17.1 Å². The van der Waals surface area contributed by atoms with Crippen LogP contribution in [-0.2, 0) is 0 Å². The summed E-state index contributed by atoms with van der Waals surface area (Å²) < 4.78 is 70.3. The summed E-state index contributed by atoms with van der Waals surface area (Å²) in [5.74, 6) is -1.41. The fraction of sp³-hybridized carbons (Fsp3) is 0.412. The lowest BCUT2D eigenvalue weighted by molar-refractivity contribution is -0.154. The van der Waals surface area contributed by atoms with Crippen molar-refractivity contribution in [3.63, 3.8) is 0 Å². The molecule has 0 bridgehead atoms. The van der Waals surface area contributed by atoms with Crippen LogP contribution in [0.25, 0.3) is 16.9 Å². The van der Waals surface area contributed by atoms with Gasteiger partial charge in [-0.1, -0.05) is 0 Å². The first-order valence-corrected chi connectivity index (χ1v) is 8.38. The smallest absolute Gasteiger partial charge is 0.422 e. The lowest BCUT2D eigenvalue weighted by atomic mass is 9.73. The molecule has 0 radical (unpaired) electrons. The van der Waals surface area contributed by atoms with Crippen LogP contribution >= 0.6 is 0 Å². The van der Waals surface area contributed by atoms with Crippen molar-refractivity contribution >= 4 is 5.65 Å². The number of halogens is 5. The Hall–Kier alpha value is -2.85. The molecule has 3 aromatic rings. The summed E-state index contributed by atoms with van der Waals surface area (Å²) in [4.78, 5) is 3.60. The maximum absolute atomic E-state index is 14.1. The third kappa shape index (κ3) is 3.60. The van der Waals surface area contributed by atoms with Gasteiger partial charge in [0.2, 0.25) is 0 Å². The molecule has 0 N–H and O–H groups in total. The van der Waals surface area contributed by atoms with Gasteiger partial charge in [-0.15, -0.1) is 10.2 Å². The molecule has 0 aromatic carbocycles. The predicted molar refractivity (Wildman–Crippen MR) is 87.0 cm³/mol. The number of rotatable bonds is 4. The minimum Gasteiger partial charge on any atom is -0.466 e. The number of pyridine rings is 1. The van der Waals surface area contributed by atoms with Crippen molar-refractivity contribution < 1.29 is 26.7 Å². The van der Waals surface area contributed by atoms with Gasteiger partial charge in [0.05, 0.1) is 5.69 Å². The van der Waals surface area contributed by atoms with Gasteiger partial charge in [0.25, 0.3) is 5.88 Å². The van der Waals surface area contributed by atoms with Gasteiger partial charge in [-0.3, -0.25) is 0 Å². The first-order valence-electron chi connectivity index (χ1n) is 8.38. The van der Waals surface area contributed by atoms with E-state index in [1.807, 2.05) is 0 Å². The van der Waals surface area contributed by atoms with Crippen molar-refractivity contribution in [2.24, 2.45) is 0 Å². The quantitative estimate of drug-likeness (QED) is 0.623. The Balaban J connectivity index is 1.61. The number of hydrogen-bond acceptors (Lipinski definition) is 5. The van der Waals surface area contributed by atoms with Crippen LogP contribution in [0.1, 0.15) is 31.5 Å². The molecule has 1 aliphatic carbocycles. The second kappa shape index (κ2) is 6.35. The Morgan fingerprint density at radius 1 is 1.25 bits per heavy atom.